The van der Waals surface area contributed by atoms with Crippen molar-refractivity contribution in [1.82, 2.24) is 0 Å². The molecule has 5 atom stereocenters. The van der Waals surface area contributed by atoms with Gasteiger partial charge in [0.1, 0.15) is 0 Å². The molecule has 0 bridgehead atoms. The molecule has 0 radical (unpaired) electrons. The fraction of sp³-hybridized carbons (Fsp3) is 0.750. The van der Waals surface area contributed by atoms with Crippen LogP contribution in [0.1, 0.15) is 72.6 Å². The van der Waals surface area contributed by atoms with Gasteiger partial charge < -0.3 is 0 Å². The number of rotatable bonds is 5. The van der Waals surface area contributed by atoms with Gasteiger partial charge >= 0.3 is 0 Å². The quantitative estimate of drug-likeness (QED) is 0.469. The van der Waals surface area contributed by atoms with Crippen LogP contribution in [0.4, 0.5) is 0 Å². The number of fused-ring (bicyclic) bond motifs is 1. The van der Waals surface area contributed by atoms with Gasteiger partial charge in [-0.25, -0.2) is 0 Å². The Kier molecular flexibility index (Phi) is 5.14. The van der Waals surface area contributed by atoms with Crippen molar-refractivity contribution >= 4 is 0 Å². The minimum Gasteiger partial charge on any atom is -0.103 e. The second-order valence-corrected chi connectivity index (χ2v) is 10.1. The molecule has 2 fully saturated rings. The topological polar surface area (TPSA) is 0 Å². The maximum atomic E-state index is 4.03. The minimum atomic E-state index is 0.405. The van der Waals surface area contributed by atoms with Gasteiger partial charge in [0, 0.05) is 0 Å². The zero-order chi connectivity index (χ0) is 17.4. The van der Waals surface area contributed by atoms with Crippen LogP contribution in [-0.2, 0) is 0 Å². The van der Waals surface area contributed by atoms with E-state index in [0.29, 0.717) is 10.8 Å². The van der Waals surface area contributed by atoms with E-state index in [4.69, 9.17) is 0 Å². The Balaban J connectivity index is 1.93. The van der Waals surface area contributed by atoms with Crippen LogP contribution < -0.4 is 0 Å². The lowest BCUT2D eigenvalue weighted by Gasteiger charge is -2.44. The zero-order valence-corrected chi connectivity index (χ0v) is 16.4. The predicted octanol–water partition coefficient (Wildman–Crippen LogP) is 7.19. The smallest absolute Gasteiger partial charge is 0.0131 e. The third-order valence-electron chi connectivity index (χ3n) is 7.79. The fourth-order valence-corrected chi connectivity index (χ4v) is 6.36. The molecule has 0 N–H and O–H groups in total. The second-order valence-electron chi connectivity index (χ2n) is 10.1. The van der Waals surface area contributed by atoms with Crippen molar-refractivity contribution in [1.29, 1.82) is 0 Å². The van der Waals surface area contributed by atoms with Gasteiger partial charge in [0.15, 0.2) is 0 Å². The number of hydrogen-bond acceptors (Lipinski definition) is 0. The summed E-state index contributed by atoms with van der Waals surface area (Å²) >= 11 is 0. The first-order valence-electron chi connectivity index (χ1n) is 10.3. The molecule has 0 spiro atoms. The van der Waals surface area contributed by atoms with Crippen molar-refractivity contribution in [3.05, 3.63) is 37.0 Å². The molecule has 0 aromatic carbocycles. The summed E-state index contributed by atoms with van der Waals surface area (Å²) in [5, 5.41) is 0. The van der Waals surface area contributed by atoms with Crippen LogP contribution in [0.25, 0.3) is 0 Å². The van der Waals surface area contributed by atoms with E-state index in [2.05, 4.69) is 64.7 Å². The Labute approximate surface area is 150 Å². The van der Waals surface area contributed by atoms with E-state index in [1.165, 1.54) is 44.9 Å². The van der Waals surface area contributed by atoms with Gasteiger partial charge in [-0.1, -0.05) is 70.9 Å². The van der Waals surface area contributed by atoms with Crippen molar-refractivity contribution < 1.29 is 0 Å². The summed E-state index contributed by atoms with van der Waals surface area (Å²) < 4.78 is 0. The molecule has 0 nitrogen and oxygen atoms in total. The van der Waals surface area contributed by atoms with E-state index >= 15 is 0 Å². The van der Waals surface area contributed by atoms with Crippen LogP contribution >= 0.6 is 0 Å². The average molecular weight is 327 g/mol. The maximum absolute atomic E-state index is 4.03. The van der Waals surface area contributed by atoms with Crippen LogP contribution in [-0.4, -0.2) is 0 Å². The number of allylic oxidation sites excluding steroid dienone is 5. The molecule has 3 rings (SSSR count). The minimum absolute atomic E-state index is 0.405. The summed E-state index contributed by atoms with van der Waals surface area (Å²) in [5.41, 5.74) is 0.894. The molecule has 0 aromatic rings. The van der Waals surface area contributed by atoms with Gasteiger partial charge in [-0.05, 0) is 72.5 Å². The molecule has 2 saturated carbocycles. The van der Waals surface area contributed by atoms with Crippen molar-refractivity contribution in [2.75, 3.05) is 0 Å². The fourth-order valence-electron chi connectivity index (χ4n) is 6.36. The van der Waals surface area contributed by atoms with Crippen molar-refractivity contribution in [2.45, 2.75) is 72.6 Å². The molecule has 3 aliphatic rings. The molecule has 134 valence electrons. The van der Waals surface area contributed by atoms with E-state index < -0.39 is 0 Å². The first-order valence-corrected chi connectivity index (χ1v) is 10.3. The highest BCUT2D eigenvalue weighted by atomic mass is 14.6. The Morgan fingerprint density at radius 2 is 1.54 bits per heavy atom. The number of hydrogen-bond donors (Lipinski definition) is 0. The lowest BCUT2D eigenvalue weighted by Crippen LogP contribution is -2.37. The summed E-state index contributed by atoms with van der Waals surface area (Å²) in [6, 6.07) is 0. The van der Waals surface area contributed by atoms with Gasteiger partial charge in [0.2, 0.25) is 0 Å². The van der Waals surface area contributed by atoms with Crippen LogP contribution in [0.5, 0.6) is 0 Å². The van der Waals surface area contributed by atoms with E-state index in [1.54, 1.807) is 0 Å². The van der Waals surface area contributed by atoms with Crippen LogP contribution in [0.15, 0.2) is 37.0 Å². The molecule has 24 heavy (non-hydrogen) atoms. The van der Waals surface area contributed by atoms with E-state index in [0.717, 1.165) is 29.6 Å². The summed E-state index contributed by atoms with van der Waals surface area (Å²) in [6.07, 6.45) is 21.6. The summed E-state index contributed by atoms with van der Waals surface area (Å²) in [7, 11) is 0. The van der Waals surface area contributed by atoms with Crippen LogP contribution in [0.2, 0.25) is 0 Å². The molecule has 0 aromatic heterocycles. The highest BCUT2D eigenvalue weighted by molar-refractivity contribution is 5.21. The third-order valence-corrected chi connectivity index (χ3v) is 7.79. The Morgan fingerprint density at radius 1 is 0.958 bits per heavy atom. The average Bonchev–Trinajstić information content (AvgIpc) is 3.20. The normalized spacial score (nSPS) is 35.8. The second kappa shape index (κ2) is 6.85. The molecule has 0 heteroatoms. The summed E-state index contributed by atoms with van der Waals surface area (Å²) in [6.45, 7) is 14.0. The molecule has 0 saturated heterocycles. The molecular weight excluding hydrogens is 288 g/mol. The Hall–Kier alpha value is -0.780. The van der Waals surface area contributed by atoms with Crippen molar-refractivity contribution in [2.24, 2.45) is 40.4 Å². The van der Waals surface area contributed by atoms with Crippen LogP contribution in [0, 0.1) is 40.4 Å². The van der Waals surface area contributed by atoms with Gasteiger partial charge in [0.05, 0.1) is 0 Å². The van der Waals surface area contributed by atoms with E-state index in [-0.39, 0.29) is 0 Å². The maximum Gasteiger partial charge on any atom is -0.0131 e. The van der Waals surface area contributed by atoms with Gasteiger partial charge in [-0.2, -0.15) is 0 Å². The molecule has 0 aliphatic heterocycles. The molecule has 3 aliphatic carbocycles. The monoisotopic (exact) mass is 326 g/mol. The Bertz CT molecular complexity index is 497. The SMILES string of the molecule is C=CCCC(C)(C1CCCC1)C1CC(C(C)(C)C)C2C=CC=CC21. The Morgan fingerprint density at radius 3 is 2.08 bits per heavy atom. The summed E-state index contributed by atoms with van der Waals surface area (Å²) in [4.78, 5) is 0. The van der Waals surface area contributed by atoms with E-state index in [1.807, 2.05) is 0 Å². The molecule has 5 unspecified atom stereocenters. The third kappa shape index (κ3) is 3.18. The molecule has 0 heterocycles. The van der Waals surface area contributed by atoms with Crippen molar-refractivity contribution in [3.63, 3.8) is 0 Å². The van der Waals surface area contributed by atoms with E-state index in [9.17, 15) is 0 Å². The lowest BCUT2D eigenvalue weighted by atomic mass is 9.60. The van der Waals surface area contributed by atoms with Crippen LogP contribution in [0.3, 0.4) is 0 Å². The molecule has 0 amide bonds. The lowest BCUT2D eigenvalue weighted by molar-refractivity contribution is 0.0617. The van der Waals surface area contributed by atoms with Gasteiger partial charge in [0.25, 0.3) is 0 Å². The largest absolute Gasteiger partial charge is 0.103 e. The van der Waals surface area contributed by atoms with Gasteiger partial charge in [-0.15, -0.1) is 6.58 Å². The predicted molar refractivity (Wildman–Crippen MR) is 106 cm³/mol. The zero-order valence-electron chi connectivity index (χ0n) is 16.4. The first kappa shape index (κ1) is 18.0. The molecular formula is C24H38. The standard InChI is InChI=1S/C24H38/c1-6-7-16-24(5,18-12-8-9-13-18)22-17-21(23(2,3)4)19-14-10-11-15-20(19)22/h6,10-11,14-15,18-22H,1,7-9,12-13,16-17H2,2-5H3. The van der Waals surface area contributed by atoms with Gasteiger partial charge in [-0.3, -0.25) is 0 Å². The highest BCUT2D eigenvalue weighted by Crippen LogP contribution is 2.61. The summed E-state index contributed by atoms with van der Waals surface area (Å²) in [5.74, 6) is 4.11. The van der Waals surface area contributed by atoms with Crippen molar-refractivity contribution in [3.8, 4) is 0 Å². The highest BCUT2D eigenvalue weighted by Gasteiger charge is 2.53. The first-order chi connectivity index (χ1) is 11.4.